The van der Waals surface area contributed by atoms with E-state index in [2.05, 4.69) is 15.1 Å². The van der Waals surface area contributed by atoms with Crippen molar-refractivity contribution in [2.75, 3.05) is 13.2 Å². The Hall–Kier alpha value is -3.96. The first-order chi connectivity index (χ1) is 17.7. The molecule has 0 radical (unpaired) electrons. The van der Waals surface area contributed by atoms with Crippen LogP contribution in [0.2, 0.25) is 5.02 Å². The third kappa shape index (κ3) is 4.87. The number of hydrogen-bond acceptors (Lipinski definition) is 6. The Morgan fingerprint density at radius 1 is 1.30 bits per heavy atom. The normalized spacial score (nSPS) is 17.9. The molecule has 0 aliphatic carbocycles. The van der Waals surface area contributed by atoms with Gasteiger partial charge in [-0.15, -0.1) is 0 Å². The van der Waals surface area contributed by atoms with Crippen LogP contribution in [0.15, 0.2) is 52.6 Å². The van der Waals surface area contributed by atoms with Crippen LogP contribution in [0.3, 0.4) is 0 Å². The zero-order valence-corrected chi connectivity index (χ0v) is 21.0. The minimum absolute atomic E-state index is 0.0678. The lowest BCUT2D eigenvalue weighted by Crippen LogP contribution is -2.51. The highest BCUT2D eigenvalue weighted by Gasteiger charge is 2.30. The molecule has 11 nitrogen and oxygen atoms in total. The summed E-state index contributed by atoms with van der Waals surface area (Å²) in [4.78, 5) is 44.5. The largest absolute Gasteiger partial charge is 0.465 e. The van der Waals surface area contributed by atoms with Gasteiger partial charge < -0.3 is 19.7 Å². The van der Waals surface area contributed by atoms with Crippen molar-refractivity contribution >= 4 is 23.2 Å². The summed E-state index contributed by atoms with van der Waals surface area (Å²) in [5.74, 6) is 0. The smallest absolute Gasteiger partial charge is 0.407 e. The molecule has 12 heteroatoms. The van der Waals surface area contributed by atoms with Gasteiger partial charge in [0.15, 0.2) is 0 Å². The molecule has 1 unspecified atom stereocenters. The Morgan fingerprint density at radius 2 is 2.11 bits per heavy atom. The lowest BCUT2D eigenvalue weighted by Gasteiger charge is -2.36. The molecule has 3 aromatic heterocycles. The maximum absolute atomic E-state index is 12.2. The number of morpholine rings is 1. The number of carbonyl (C=O) groups is 1. The van der Waals surface area contributed by atoms with E-state index in [1.807, 2.05) is 32.0 Å². The molecule has 1 aromatic carbocycles. The second-order valence-electron chi connectivity index (χ2n) is 9.19. The standard InChI is InChI=1S/C25H25ClN6O5/c1-14-5-17(26)7-20(19(14)8-18-11-30(25(35)36)15(2)12-37-18)23-21-6-16(10-32(21)29-13-28-23)9-31-22(33)3-4-27-24(31)34/h3-7,10,13,15,18H,8-9,11-12H2,1-2H3,(H,27,34)(H,35,36)/t15-,18?/m0/s1. The molecule has 4 aromatic rings. The Labute approximate surface area is 215 Å². The summed E-state index contributed by atoms with van der Waals surface area (Å²) in [6.07, 6.45) is 3.65. The second kappa shape index (κ2) is 9.83. The molecule has 5 rings (SSSR count). The Bertz CT molecular complexity index is 1580. The highest BCUT2D eigenvalue weighted by Crippen LogP contribution is 2.33. The third-order valence-corrected chi connectivity index (χ3v) is 6.84. The first-order valence-electron chi connectivity index (χ1n) is 11.7. The molecule has 0 bridgehead atoms. The van der Waals surface area contributed by atoms with Crippen LogP contribution < -0.4 is 11.2 Å². The number of aromatic nitrogens is 5. The van der Waals surface area contributed by atoms with Gasteiger partial charge in [-0.2, -0.15) is 5.10 Å². The summed E-state index contributed by atoms with van der Waals surface area (Å²) >= 11 is 6.45. The number of carboxylic acid groups (broad SMARTS) is 1. The van der Waals surface area contributed by atoms with E-state index in [-0.39, 0.29) is 25.2 Å². The van der Waals surface area contributed by atoms with Gasteiger partial charge in [-0.1, -0.05) is 11.6 Å². The summed E-state index contributed by atoms with van der Waals surface area (Å²) in [7, 11) is 0. The van der Waals surface area contributed by atoms with Gasteiger partial charge in [-0.3, -0.25) is 9.36 Å². The van der Waals surface area contributed by atoms with Gasteiger partial charge in [-0.05, 0) is 48.7 Å². The van der Waals surface area contributed by atoms with Crippen LogP contribution in [0.25, 0.3) is 16.8 Å². The lowest BCUT2D eigenvalue weighted by molar-refractivity contribution is -0.0481. The number of fused-ring (bicyclic) bond motifs is 1. The highest BCUT2D eigenvalue weighted by molar-refractivity contribution is 6.31. The number of halogens is 1. The van der Waals surface area contributed by atoms with Gasteiger partial charge in [0, 0.05) is 35.5 Å². The monoisotopic (exact) mass is 524 g/mol. The Morgan fingerprint density at radius 3 is 2.86 bits per heavy atom. The molecule has 1 aliphatic rings. The number of nitrogens with zero attached hydrogens (tertiary/aromatic N) is 5. The van der Waals surface area contributed by atoms with Crippen molar-refractivity contribution < 1.29 is 14.6 Å². The number of H-pyrrole nitrogens is 1. The van der Waals surface area contributed by atoms with E-state index in [1.54, 1.807) is 10.7 Å². The maximum atomic E-state index is 12.2. The van der Waals surface area contributed by atoms with Gasteiger partial charge >= 0.3 is 11.8 Å². The van der Waals surface area contributed by atoms with E-state index >= 15 is 0 Å². The van der Waals surface area contributed by atoms with Crippen LogP contribution in [0.5, 0.6) is 0 Å². The molecule has 1 fully saturated rings. The quantitative estimate of drug-likeness (QED) is 0.409. The molecule has 1 saturated heterocycles. The molecule has 1 aliphatic heterocycles. The average Bonchev–Trinajstić information content (AvgIpc) is 3.27. The van der Waals surface area contributed by atoms with Crippen molar-refractivity contribution in [3.8, 4) is 11.3 Å². The number of benzene rings is 1. The minimum Gasteiger partial charge on any atom is -0.465 e. The van der Waals surface area contributed by atoms with Crippen molar-refractivity contribution in [2.24, 2.45) is 0 Å². The van der Waals surface area contributed by atoms with Crippen LogP contribution in [0, 0.1) is 6.92 Å². The summed E-state index contributed by atoms with van der Waals surface area (Å²) in [6.45, 7) is 4.41. The summed E-state index contributed by atoms with van der Waals surface area (Å²) < 4.78 is 8.74. The van der Waals surface area contributed by atoms with Crippen molar-refractivity contribution in [1.82, 2.24) is 29.0 Å². The van der Waals surface area contributed by atoms with Crippen LogP contribution in [-0.2, 0) is 17.7 Å². The van der Waals surface area contributed by atoms with Crippen molar-refractivity contribution in [1.29, 1.82) is 0 Å². The molecule has 0 spiro atoms. The second-order valence-corrected chi connectivity index (χ2v) is 9.62. The average molecular weight is 525 g/mol. The maximum Gasteiger partial charge on any atom is 0.407 e. The zero-order valence-electron chi connectivity index (χ0n) is 20.2. The van der Waals surface area contributed by atoms with Crippen LogP contribution in [0.1, 0.15) is 23.6 Å². The van der Waals surface area contributed by atoms with Gasteiger partial charge in [0.2, 0.25) is 0 Å². The fourth-order valence-corrected chi connectivity index (χ4v) is 5.03. The summed E-state index contributed by atoms with van der Waals surface area (Å²) in [5, 5.41) is 14.4. The molecule has 2 atom stereocenters. The first-order valence-corrected chi connectivity index (χ1v) is 12.1. The van der Waals surface area contributed by atoms with Crippen LogP contribution in [-0.4, -0.2) is 65.5 Å². The number of amides is 1. The van der Waals surface area contributed by atoms with Crippen LogP contribution in [0.4, 0.5) is 4.79 Å². The van der Waals surface area contributed by atoms with Gasteiger partial charge in [0.25, 0.3) is 5.56 Å². The Balaban J connectivity index is 1.55. The summed E-state index contributed by atoms with van der Waals surface area (Å²) in [6, 6.07) is 6.59. The number of aryl methyl sites for hydroxylation is 1. The SMILES string of the molecule is Cc1cc(Cl)cc(-c2ncnn3cc(Cn4c(=O)cc[nH]c4=O)cc23)c1CC1CN(C(=O)O)[C@@H](C)CO1. The molecule has 1 amide bonds. The molecule has 37 heavy (non-hydrogen) atoms. The van der Waals surface area contributed by atoms with Gasteiger partial charge in [0.1, 0.15) is 6.33 Å². The summed E-state index contributed by atoms with van der Waals surface area (Å²) in [5.41, 5.74) is 3.73. The fraction of sp³-hybridized carbons (Fsp3) is 0.320. The number of nitrogens with one attached hydrogen (secondary N) is 1. The predicted molar refractivity (Wildman–Crippen MR) is 136 cm³/mol. The number of hydrogen-bond donors (Lipinski definition) is 2. The van der Waals surface area contributed by atoms with Crippen molar-refractivity contribution in [2.45, 2.75) is 39.0 Å². The molecule has 192 valence electrons. The number of aromatic amines is 1. The molecule has 0 saturated carbocycles. The number of ether oxygens (including phenoxy) is 1. The first kappa shape index (κ1) is 24.7. The van der Waals surface area contributed by atoms with E-state index in [0.29, 0.717) is 34.8 Å². The van der Waals surface area contributed by atoms with Crippen molar-refractivity contribution in [3.63, 3.8) is 0 Å². The zero-order chi connectivity index (χ0) is 26.3. The Kier molecular flexibility index (Phi) is 6.57. The predicted octanol–water partition coefficient (Wildman–Crippen LogP) is 2.57. The van der Waals surface area contributed by atoms with Crippen molar-refractivity contribution in [3.05, 3.63) is 85.5 Å². The molecular weight excluding hydrogens is 500 g/mol. The van der Waals surface area contributed by atoms with Crippen LogP contribution >= 0.6 is 11.6 Å². The highest BCUT2D eigenvalue weighted by atomic mass is 35.5. The van der Waals surface area contributed by atoms with Gasteiger partial charge in [-0.25, -0.2) is 19.1 Å². The molecular formula is C25H25ClN6O5. The molecule has 2 N–H and O–H groups in total. The topological polar surface area (TPSA) is 135 Å². The van der Waals surface area contributed by atoms with Gasteiger partial charge in [0.05, 0.1) is 43.1 Å². The van der Waals surface area contributed by atoms with E-state index < -0.39 is 17.3 Å². The lowest BCUT2D eigenvalue weighted by atomic mass is 9.93. The third-order valence-electron chi connectivity index (χ3n) is 6.62. The van der Waals surface area contributed by atoms with E-state index in [4.69, 9.17) is 16.3 Å². The fourth-order valence-electron chi connectivity index (χ4n) is 4.75. The minimum atomic E-state index is -0.969. The number of rotatable bonds is 5. The van der Waals surface area contributed by atoms with E-state index in [1.165, 1.54) is 23.5 Å². The van der Waals surface area contributed by atoms with E-state index in [9.17, 15) is 19.5 Å². The van der Waals surface area contributed by atoms with E-state index in [0.717, 1.165) is 21.3 Å². The molecule has 4 heterocycles.